The van der Waals surface area contributed by atoms with Gasteiger partial charge in [-0.15, -0.1) is 0 Å². The van der Waals surface area contributed by atoms with E-state index in [0.717, 1.165) is 0 Å². The molecule has 1 N–H and O–H groups in total. The third-order valence-electron chi connectivity index (χ3n) is 4.10. The molecule has 0 bridgehead atoms. The Hall–Kier alpha value is -3.38. The molecule has 4 rings (SSSR count). The van der Waals surface area contributed by atoms with Crippen molar-refractivity contribution in [1.29, 1.82) is 0 Å². The van der Waals surface area contributed by atoms with Gasteiger partial charge in [-0.05, 0) is 48.5 Å². The second kappa shape index (κ2) is 7.32. The normalized spacial score (nSPS) is 11.4. The number of nitrogens with zero attached hydrogens (tertiary/aromatic N) is 2. The van der Waals surface area contributed by atoms with Gasteiger partial charge >= 0.3 is 0 Å². The minimum absolute atomic E-state index is 0.0447. The van der Waals surface area contributed by atoms with Crippen LogP contribution in [0.4, 0.5) is 10.1 Å². The first kappa shape index (κ1) is 18.0. The van der Waals surface area contributed by atoms with Crippen LogP contribution in [0.25, 0.3) is 22.6 Å². The van der Waals surface area contributed by atoms with E-state index in [4.69, 9.17) is 20.8 Å². The van der Waals surface area contributed by atoms with Crippen molar-refractivity contribution in [3.8, 4) is 23.0 Å². The summed E-state index contributed by atoms with van der Waals surface area (Å²) < 4.78 is 23.9. The predicted octanol–water partition coefficient (Wildman–Crippen LogP) is 5.75. The molecule has 3 aromatic carbocycles. The van der Waals surface area contributed by atoms with Crippen molar-refractivity contribution in [3.05, 3.63) is 71.0 Å². The summed E-state index contributed by atoms with van der Waals surface area (Å²) in [4.78, 5) is 8.80. The molecule has 0 aliphatic rings. The largest absolute Gasteiger partial charge is 0.504 e. The Labute approximate surface area is 164 Å². The lowest BCUT2D eigenvalue weighted by Crippen LogP contribution is -1.89. The molecule has 0 aliphatic heterocycles. The summed E-state index contributed by atoms with van der Waals surface area (Å²) in [5.74, 6) is 0.298. The highest BCUT2D eigenvalue weighted by Gasteiger charge is 2.10. The fourth-order valence-corrected chi connectivity index (χ4v) is 2.92. The van der Waals surface area contributed by atoms with E-state index in [-0.39, 0.29) is 17.3 Å². The zero-order valence-corrected chi connectivity index (χ0v) is 15.4. The van der Waals surface area contributed by atoms with E-state index in [1.165, 1.54) is 31.5 Å². The molecule has 0 amide bonds. The summed E-state index contributed by atoms with van der Waals surface area (Å²) in [5.41, 5.74) is 2.92. The van der Waals surface area contributed by atoms with Gasteiger partial charge in [-0.25, -0.2) is 9.37 Å². The fraction of sp³-hybridized carbons (Fsp3) is 0.0476. The lowest BCUT2D eigenvalue weighted by molar-refractivity contribution is 0.373. The summed E-state index contributed by atoms with van der Waals surface area (Å²) in [5, 5.41) is 10.6. The number of aromatic hydroxyl groups is 1. The molecule has 0 saturated heterocycles. The number of oxazole rings is 1. The molecule has 28 heavy (non-hydrogen) atoms. The first-order chi connectivity index (χ1) is 13.5. The van der Waals surface area contributed by atoms with E-state index in [1.54, 1.807) is 36.4 Å². The molecule has 140 valence electrons. The number of benzene rings is 3. The van der Waals surface area contributed by atoms with E-state index in [1.807, 2.05) is 0 Å². The van der Waals surface area contributed by atoms with Crippen molar-refractivity contribution in [3.63, 3.8) is 0 Å². The molecule has 0 radical (unpaired) electrons. The minimum atomic E-state index is -0.322. The molecule has 5 nitrogen and oxygen atoms in total. The van der Waals surface area contributed by atoms with Gasteiger partial charge in [0.2, 0.25) is 5.89 Å². The third-order valence-corrected chi connectivity index (χ3v) is 4.32. The molecule has 0 unspecified atom stereocenters. The highest BCUT2D eigenvalue weighted by molar-refractivity contribution is 6.31. The van der Waals surface area contributed by atoms with Crippen molar-refractivity contribution in [2.75, 3.05) is 7.11 Å². The number of aliphatic imine (C=N–C) groups is 1. The van der Waals surface area contributed by atoms with Crippen molar-refractivity contribution in [1.82, 2.24) is 4.98 Å². The van der Waals surface area contributed by atoms with Crippen LogP contribution in [0.5, 0.6) is 11.5 Å². The van der Waals surface area contributed by atoms with Crippen molar-refractivity contribution in [2.24, 2.45) is 4.99 Å². The van der Waals surface area contributed by atoms with Crippen LogP contribution >= 0.6 is 11.6 Å². The number of ether oxygens (including phenoxy) is 1. The Bertz CT molecular complexity index is 1190. The van der Waals surface area contributed by atoms with Gasteiger partial charge in [0.05, 0.1) is 12.8 Å². The van der Waals surface area contributed by atoms with Crippen molar-refractivity contribution in [2.45, 2.75) is 0 Å². The zero-order valence-electron chi connectivity index (χ0n) is 14.7. The van der Waals surface area contributed by atoms with E-state index in [9.17, 15) is 9.50 Å². The molecule has 0 saturated carbocycles. The highest BCUT2D eigenvalue weighted by atomic mass is 35.5. The predicted molar refractivity (Wildman–Crippen MR) is 106 cm³/mol. The van der Waals surface area contributed by atoms with Crippen molar-refractivity contribution < 1.29 is 18.7 Å². The summed E-state index contributed by atoms with van der Waals surface area (Å²) in [7, 11) is 1.45. The maximum Gasteiger partial charge on any atom is 0.227 e. The number of halogens is 2. The smallest absolute Gasteiger partial charge is 0.227 e. The number of hydrogen-bond acceptors (Lipinski definition) is 5. The first-order valence-corrected chi connectivity index (χ1v) is 8.68. The second-order valence-electron chi connectivity index (χ2n) is 5.98. The highest BCUT2D eigenvalue weighted by Crippen LogP contribution is 2.33. The fourth-order valence-electron chi connectivity index (χ4n) is 2.70. The Morgan fingerprint density at radius 1 is 1.14 bits per heavy atom. The molecule has 7 heteroatoms. The van der Waals surface area contributed by atoms with Gasteiger partial charge in [-0.1, -0.05) is 11.6 Å². The van der Waals surface area contributed by atoms with Crippen LogP contribution < -0.4 is 4.74 Å². The molecule has 0 atom stereocenters. The third kappa shape index (κ3) is 3.54. The molecular weight excluding hydrogens is 383 g/mol. The van der Waals surface area contributed by atoms with Gasteiger partial charge < -0.3 is 14.3 Å². The molecule has 4 aromatic rings. The van der Waals surface area contributed by atoms with Gasteiger partial charge in [0.1, 0.15) is 11.3 Å². The maximum atomic E-state index is 13.1. The summed E-state index contributed by atoms with van der Waals surface area (Å²) >= 11 is 6.03. The lowest BCUT2D eigenvalue weighted by Gasteiger charge is -2.06. The number of aromatic nitrogens is 1. The van der Waals surface area contributed by atoms with E-state index < -0.39 is 0 Å². The average molecular weight is 397 g/mol. The van der Waals surface area contributed by atoms with Crippen LogP contribution in [0.1, 0.15) is 5.56 Å². The molecule has 1 heterocycles. The van der Waals surface area contributed by atoms with Gasteiger partial charge in [0.15, 0.2) is 17.1 Å². The monoisotopic (exact) mass is 396 g/mol. The van der Waals surface area contributed by atoms with Crippen LogP contribution in [0.15, 0.2) is 64.0 Å². The van der Waals surface area contributed by atoms with Crippen LogP contribution in [0, 0.1) is 5.82 Å². The van der Waals surface area contributed by atoms with Gasteiger partial charge in [0.25, 0.3) is 0 Å². The van der Waals surface area contributed by atoms with E-state index in [0.29, 0.717) is 38.8 Å². The number of fused-ring (bicyclic) bond motifs is 1. The molecule has 0 spiro atoms. The Morgan fingerprint density at radius 3 is 2.68 bits per heavy atom. The first-order valence-electron chi connectivity index (χ1n) is 8.30. The van der Waals surface area contributed by atoms with E-state index in [2.05, 4.69) is 9.98 Å². The number of methoxy groups -OCH3 is 1. The van der Waals surface area contributed by atoms with Crippen LogP contribution in [-0.2, 0) is 0 Å². The topological polar surface area (TPSA) is 67.9 Å². The van der Waals surface area contributed by atoms with Crippen LogP contribution in [0.2, 0.25) is 5.02 Å². The van der Waals surface area contributed by atoms with Crippen LogP contribution in [-0.4, -0.2) is 23.4 Å². The van der Waals surface area contributed by atoms with Gasteiger partial charge in [-0.3, -0.25) is 4.99 Å². The number of rotatable bonds is 4. The Kier molecular flexibility index (Phi) is 4.71. The molecular formula is C21H14ClFN2O3. The van der Waals surface area contributed by atoms with Crippen molar-refractivity contribution >= 4 is 34.6 Å². The zero-order chi connectivity index (χ0) is 19.7. The van der Waals surface area contributed by atoms with Gasteiger partial charge in [0, 0.05) is 28.4 Å². The minimum Gasteiger partial charge on any atom is -0.504 e. The molecule has 1 aromatic heterocycles. The summed E-state index contributed by atoms with van der Waals surface area (Å²) in [6.07, 6.45) is 1.49. The molecule has 0 fully saturated rings. The maximum absolute atomic E-state index is 13.1. The lowest BCUT2D eigenvalue weighted by atomic mass is 10.2. The summed E-state index contributed by atoms with van der Waals surface area (Å²) in [6, 6.07) is 14.3. The standard InChI is InChI=1S/C21H14ClFN2O3/c1-27-19-9-14(22)8-13(20(19)26)11-24-16-6-7-18-17(10-16)25-21(28-18)12-2-4-15(23)5-3-12/h2-11,26H,1H3. The van der Waals surface area contributed by atoms with Gasteiger partial charge in [-0.2, -0.15) is 0 Å². The van der Waals surface area contributed by atoms with Crippen LogP contribution in [0.3, 0.4) is 0 Å². The van der Waals surface area contributed by atoms with E-state index >= 15 is 0 Å². The second-order valence-corrected chi connectivity index (χ2v) is 6.42. The number of hydrogen-bond donors (Lipinski definition) is 1. The quantitative estimate of drug-likeness (QED) is 0.446. The SMILES string of the molecule is COc1cc(Cl)cc(C=Nc2ccc3oc(-c4ccc(F)cc4)nc3c2)c1O. The number of phenolic OH excluding ortho intramolecular Hbond substituents is 1. The Balaban J connectivity index is 1.66. The Morgan fingerprint density at radius 2 is 1.93 bits per heavy atom. The summed E-state index contributed by atoms with van der Waals surface area (Å²) in [6.45, 7) is 0. The average Bonchev–Trinajstić information content (AvgIpc) is 3.12. The number of phenols is 1. The molecule has 0 aliphatic carbocycles.